The van der Waals surface area contributed by atoms with Gasteiger partial charge in [0.05, 0.1) is 18.8 Å². The summed E-state index contributed by atoms with van der Waals surface area (Å²) in [4.78, 5) is 9.06. The van der Waals surface area contributed by atoms with Gasteiger partial charge < -0.3 is 15.4 Å². The number of nitrogens with zero attached hydrogens (tertiary/aromatic N) is 2. The fraction of sp³-hybridized carbons (Fsp3) is 0.368. The molecule has 1 unspecified atom stereocenters. The minimum atomic E-state index is 0. The minimum Gasteiger partial charge on any atom is -0.383 e. The van der Waals surface area contributed by atoms with Crippen molar-refractivity contribution in [2.75, 3.05) is 20.3 Å². The first-order chi connectivity index (χ1) is 11.7. The summed E-state index contributed by atoms with van der Waals surface area (Å²) >= 11 is 0. The maximum absolute atomic E-state index is 5.16. The molecule has 0 saturated carbocycles. The largest absolute Gasteiger partial charge is 0.383 e. The molecule has 0 fully saturated rings. The molecule has 1 aromatic carbocycles. The summed E-state index contributed by atoms with van der Waals surface area (Å²) in [7, 11) is 1.70. The van der Waals surface area contributed by atoms with Crippen molar-refractivity contribution in [2.24, 2.45) is 4.99 Å². The Kier molecular flexibility index (Phi) is 10.1. The predicted octanol–water partition coefficient (Wildman–Crippen LogP) is 3.46. The van der Waals surface area contributed by atoms with Crippen molar-refractivity contribution in [3.8, 4) is 11.3 Å². The van der Waals surface area contributed by atoms with Gasteiger partial charge in [0.15, 0.2) is 5.96 Å². The number of halogens is 1. The second-order valence-electron chi connectivity index (χ2n) is 5.61. The average Bonchev–Trinajstić information content (AvgIpc) is 2.61. The van der Waals surface area contributed by atoms with E-state index in [1.54, 1.807) is 7.11 Å². The van der Waals surface area contributed by atoms with Crippen molar-refractivity contribution in [3.05, 3.63) is 54.2 Å². The summed E-state index contributed by atoms with van der Waals surface area (Å²) < 4.78 is 5.16. The number of rotatable bonds is 7. The van der Waals surface area contributed by atoms with Crippen molar-refractivity contribution >= 4 is 29.9 Å². The van der Waals surface area contributed by atoms with Gasteiger partial charge in [0.2, 0.25) is 0 Å². The lowest BCUT2D eigenvalue weighted by Gasteiger charge is -2.17. The number of hydrogen-bond acceptors (Lipinski definition) is 3. The number of aliphatic imine (C=N–C) groups is 1. The molecule has 0 aliphatic rings. The number of ether oxygens (including phenoxy) is 1. The molecule has 0 aliphatic carbocycles. The number of aromatic nitrogens is 1. The fourth-order valence-corrected chi connectivity index (χ4v) is 2.38. The molecule has 1 aromatic heterocycles. The quantitative estimate of drug-likeness (QED) is 0.382. The Bertz CT molecular complexity index is 649. The summed E-state index contributed by atoms with van der Waals surface area (Å²) in [6.45, 7) is 6.19. The van der Waals surface area contributed by atoms with E-state index in [9.17, 15) is 0 Å². The first-order valence-corrected chi connectivity index (χ1v) is 8.27. The average molecular weight is 454 g/mol. The van der Waals surface area contributed by atoms with Gasteiger partial charge in [-0.3, -0.25) is 4.98 Å². The van der Waals surface area contributed by atoms with Gasteiger partial charge >= 0.3 is 0 Å². The fourth-order valence-electron chi connectivity index (χ4n) is 2.38. The van der Waals surface area contributed by atoms with E-state index in [-0.39, 0.29) is 30.0 Å². The Morgan fingerprint density at radius 3 is 2.76 bits per heavy atom. The normalized spacial score (nSPS) is 12.2. The molecule has 0 aliphatic heterocycles. The van der Waals surface area contributed by atoms with Gasteiger partial charge in [0.25, 0.3) is 0 Å². The number of benzene rings is 1. The van der Waals surface area contributed by atoms with E-state index in [4.69, 9.17) is 4.74 Å². The van der Waals surface area contributed by atoms with Crippen molar-refractivity contribution in [3.63, 3.8) is 0 Å². The third kappa shape index (κ3) is 7.39. The van der Waals surface area contributed by atoms with Crippen LogP contribution < -0.4 is 10.6 Å². The zero-order chi connectivity index (χ0) is 17.2. The Hall–Kier alpha value is -1.67. The number of pyridine rings is 1. The van der Waals surface area contributed by atoms with Crippen molar-refractivity contribution < 1.29 is 4.74 Å². The van der Waals surface area contributed by atoms with E-state index in [1.807, 2.05) is 30.5 Å². The molecule has 0 spiro atoms. The van der Waals surface area contributed by atoms with E-state index in [1.165, 1.54) is 0 Å². The molecular weight excluding hydrogens is 427 g/mol. The number of hydrogen-bond donors (Lipinski definition) is 2. The molecule has 136 valence electrons. The molecule has 1 heterocycles. The molecule has 6 heteroatoms. The number of guanidine groups is 1. The van der Waals surface area contributed by atoms with Gasteiger partial charge in [-0.05, 0) is 37.6 Å². The molecule has 2 rings (SSSR count). The van der Waals surface area contributed by atoms with Crippen molar-refractivity contribution in [1.82, 2.24) is 15.6 Å². The Labute approximate surface area is 167 Å². The molecule has 25 heavy (non-hydrogen) atoms. The highest BCUT2D eigenvalue weighted by atomic mass is 127. The van der Waals surface area contributed by atoms with Crippen LogP contribution in [0.1, 0.15) is 19.4 Å². The molecule has 0 amide bonds. The van der Waals surface area contributed by atoms with E-state index < -0.39 is 0 Å². The lowest BCUT2D eigenvalue weighted by Crippen LogP contribution is -2.43. The predicted molar refractivity (Wildman–Crippen MR) is 114 cm³/mol. The van der Waals surface area contributed by atoms with Gasteiger partial charge in [0.1, 0.15) is 0 Å². The van der Waals surface area contributed by atoms with Gasteiger partial charge in [-0.2, -0.15) is 0 Å². The molecule has 0 radical (unpaired) electrons. The highest BCUT2D eigenvalue weighted by molar-refractivity contribution is 14.0. The van der Waals surface area contributed by atoms with Crippen LogP contribution in [0.2, 0.25) is 0 Å². The minimum absolute atomic E-state index is 0. The SMILES string of the molecule is CCNC(=NCc1cccc(-c2ccccn2)c1)NC(C)COC.I. The zero-order valence-electron chi connectivity index (χ0n) is 15.0. The molecule has 1 atom stereocenters. The highest BCUT2D eigenvalue weighted by Crippen LogP contribution is 2.18. The topological polar surface area (TPSA) is 58.5 Å². The molecule has 5 nitrogen and oxygen atoms in total. The molecule has 0 saturated heterocycles. The Morgan fingerprint density at radius 1 is 1.24 bits per heavy atom. The number of nitrogens with one attached hydrogen (secondary N) is 2. The van der Waals surface area contributed by atoms with E-state index in [0.29, 0.717) is 13.2 Å². The first-order valence-electron chi connectivity index (χ1n) is 8.27. The summed E-state index contributed by atoms with van der Waals surface area (Å²) in [5.74, 6) is 0.797. The summed E-state index contributed by atoms with van der Waals surface area (Å²) in [6, 6.07) is 14.5. The van der Waals surface area contributed by atoms with E-state index in [2.05, 4.69) is 52.7 Å². The number of methoxy groups -OCH3 is 1. The lowest BCUT2D eigenvalue weighted by molar-refractivity contribution is 0.179. The Balaban J connectivity index is 0.00000312. The second-order valence-corrected chi connectivity index (χ2v) is 5.61. The van der Waals surface area contributed by atoms with Crippen LogP contribution in [-0.4, -0.2) is 37.2 Å². The van der Waals surface area contributed by atoms with E-state index in [0.717, 1.165) is 29.3 Å². The lowest BCUT2D eigenvalue weighted by atomic mass is 10.1. The van der Waals surface area contributed by atoms with Crippen LogP contribution in [0.15, 0.2) is 53.7 Å². The maximum atomic E-state index is 5.16. The molecule has 2 aromatic rings. The highest BCUT2D eigenvalue weighted by Gasteiger charge is 2.05. The van der Waals surface area contributed by atoms with Gasteiger partial charge in [-0.1, -0.05) is 24.3 Å². The van der Waals surface area contributed by atoms with Crippen LogP contribution >= 0.6 is 24.0 Å². The van der Waals surface area contributed by atoms with Gasteiger partial charge in [0, 0.05) is 31.5 Å². The van der Waals surface area contributed by atoms with E-state index >= 15 is 0 Å². The van der Waals surface area contributed by atoms with Crippen molar-refractivity contribution in [2.45, 2.75) is 26.4 Å². The maximum Gasteiger partial charge on any atom is 0.191 e. The first kappa shape index (κ1) is 21.4. The van der Waals surface area contributed by atoms with Crippen LogP contribution in [0, 0.1) is 0 Å². The third-order valence-electron chi connectivity index (χ3n) is 3.45. The van der Waals surface area contributed by atoms with Gasteiger partial charge in [-0.15, -0.1) is 24.0 Å². The molecular formula is C19H27IN4O. The second kappa shape index (κ2) is 11.8. The summed E-state index contributed by atoms with van der Waals surface area (Å²) in [5, 5.41) is 6.60. The van der Waals surface area contributed by atoms with Crippen LogP contribution in [0.5, 0.6) is 0 Å². The smallest absolute Gasteiger partial charge is 0.191 e. The zero-order valence-corrected chi connectivity index (χ0v) is 17.4. The molecule has 2 N–H and O–H groups in total. The standard InChI is InChI=1S/C19H26N4O.HI/c1-4-20-19(23-15(2)14-24-3)22-13-16-8-7-9-17(12-16)18-10-5-6-11-21-18;/h5-12,15H,4,13-14H2,1-3H3,(H2,20,22,23);1H. The molecule has 0 bridgehead atoms. The summed E-state index contributed by atoms with van der Waals surface area (Å²) in [5.41, 5.74) is 3.23. The van der Waals surface area contributed by atoms with Crippen LogP contribution in [0.4, 0.5) is 0 Å². The van der Waals surface area contributed by atoms with Crippen LogP contribution in [0.25, 0.3) is 11.3 Å². The van der Waals surface area contributed by atoms with Crippen molar-refractivity contribution in [1.29, 1.82) is 0 Å². The third-order valence-corrected chi connectivity index (χ3v) is 3.45. The summed E-state index contributed by atoms with van der Waals surface area (Å²) in [6.07, 6.45) is 1.81. The van der Waals surface area contributed by atoms with Crippen LogP contribution in [-0.2, 0) is 11.3 Å². The Morgan fingerprint density at radius 2 is 2.08 bits per heavy atom. The van der Waals surface area contributed by atoms with Gasteiger partial charge in [-0.25, -0.2) is 4.99 Å². The monoisotopic (exact) mass is 454 g/mol. The van der Waals surface area contributed by atoms with Crippen LogP contribution in [0.3, 0.4) is 0 Å².